The summed E-state index contributed by atoms with van der Waals surface area (Å²) in [4.78, 5) is 8.18. The Morgan fingerprint density at radius 2 is 1.84 bits per heavy atom. The molecule has 19 heavy (non-hydrogen) atoms. The maximum atomic E-state index is 10.2. The molecule has 0 saturated carbocycles. The summed E-state index contributed by atoms with van der Waals surface area (Å²) >= 11 is 0. The van der Waals surface area contributed by atoms with E-state index in [-0.39, 0.29) is 0 Å². The molecule has 0 spiro atoms. The van der Waals surface area contributed by atoms with Gasteiger partial charge in [0.25, 0.3) is 0 Å². The molecule has 1 N–H and O–H groups in total. The van der Waals surface area contributed by atoms with Gasteiger partial charge in [-0.15, -0.1) is 0 Å². The maximum Gasteiger partial charge on any atom is 0.238 e. The van der Waals surface area contributed by atoms with Crippen LogP contribution in [0.5, 0.6) is 5.88 Å². The van der Waals surface area contributed by atoms with Crippen molar-refractivity contribution in [3.8, 4) is 5.88 Å². The van der Waals surface area contributed by atoms with Crippen LogP contribution in [0, 0.1) is 6.92 Å². The molecular weight excluding hydrogens is 240 g/mol. The third-order valence-electron chi connectivity index (χ3n) is 3.03. The molecule has 1 aromatic carbocycles. The zero-order chi connectivity index (χ0) is 13.7. The topological polar surface area (TPSA) is 55.2 Å². The van der Waals surface area contributed by atoms with Crippen LogP contribution in [0.15, 0.2) is 36.7 Å². The lowest BCUT2D eigenvalue weighted by Gasteiger charge is -2.12. The number of aromatic nitrogens is 2. The molecule has 2 rings (SSSR count). The molecule has 0 bridgehead atoms. The zero-order valence-corrected chi connectivity index (χ0v) is 11.2. The van der Waals surface area contributed by atoms with Gasteiger partial charge in [-0.2, -0.15) is 0 Å². The van der Waals surface area contributed by atoms with Crippen LogP contribution < -0.4 is 4.74 Å². The number of benzene rings is 1. The summed E-state index contributed by atoms with van der Waals surface area (Å²) in [6.45, 7) is 2.06. The fourth-order valence-corrected chi connectivity index (χ4v) is 1.92. The summed E-state index contributed by atoms with van der Waals surface area (Å²) in [7, 11) is 1.53. The molecule has 0 aliphatic carbocycles. The first-order valence-corrected chi connectivity index (χ1v) is 6.29. The Bertz CT molecular complexity index is 526. The lowest BCUT2D eigenvalue weighted by Crippen LogP contribution is -2.06. The molecule has 0 saturated heterocycles. The SMILES string of the molecule is COc1nccnc1C(O)CCc1ccc(C)cc1. The molecule has 2 aromatic rings. The molecule has 0 radical (unpaired) electrons. The number of aliphatic hydroxyl groups excluding tert-OH is 1. The molecule has 1 aromatic heterocycles. The number of aliphatic hydroxyl groups is 1. The van der Waals surface area contributed by atoms with E-state index in [1.54, 1.807) is 12.4 Å². The Morgan fingerprint density at radius 1 is 1.16 bits per heavy atom. The van der Waals surface area contributed by atoms with Gasteiger partial charge in [-0.1, -0.05) is 29.8 Å². The fraction of sp³-hybridized carbons (Fsp3) is 0.333. The molecule has 1 unspecified atom stereocenters. The first kappa shape index (κ1) is 13.5. The number of nitrogens with zero attached hydrogens (tertiary/aromatic N) is 2. The number of aryl methyl sites for hydroxylation is 2. The molecule has 0 aliphatic heterocycles. The van der Waals surface area contributed by atoms with E-state index in [1.807, 2.05) is 0 Å². The minimum absolute atomic E-state index is 0.388. The first-order chi connectivity index (χ1) is 9.20. The van der Waals surface area contributed by atoms with Gasteiger partial charge in [0.2, 0.25) is 5.88 Å². The third-order valence-corrected chi connectivity index (χ3v) is 3.03. The summed E-state index contributed by atoms with van der Waals surface area (Å²) in [6, 6.07) is 8.31. The van der Waals surface area contributed by atoms with Crippen LogP contribution in [0.3, 0.4) is 0 Å². The summed E-state index contributed by atoms with van der Waals surface area (Å²) in [5.41, 5.74) is 2.93. The number of hydrogen-bond donors (Lipinski definition) is 1. The molecule has 100 valence electrons. The highest BCUT2D eigenvalue weighted by atomic mass is 16.5. The Kier molecular flexibility index (Phi) is 4.47. The van der Waals surface area contributed by atoms with E-state index in [9.17, 15) is 5.11 Å². The van der Waals surface area contributed by atoms with Gasteiger partial charge in [0.1, 0.15) is 11.8 Å². The van der Waals surface area contributed by atoms with E-state index >= 15 is 0 Å². The maximum absolute atomic E-state index is 10.2. The second kappa shape index (κ2) is 6.29. The van der Waals surface area contributed by atoms with E-state index in [1.165, 1.54) is 18.2 Å². The highest BCUT2D eigenvalue weighted by Crippen LogP contribution is 2.23. The van der Waals surface area contributed by atoms with Crippen molar-refractivity contribution in [3.63, 3.8) is 0 Å². The Balaban J connectivity index is 2.01. The van der Waals surface area contributed by atoms with Gasteiger partial charge in [0.15, 0.2) is 0 Å². The van der Waals surface area contributed by atoms with Crippen molar-refractivity contribution in [3.05, 3.63) is 53.5 Å². The van der Waals surface area contributed by atoms with E-state index in [0.29, 0.717) is 18.0 Å². The Hall–Kier alpha value is -1.94. The van der Waals surface area contributed by atoms with Crippen LogP contribution in [0.25, 0.3) is 0 Å². The molecule has 0 fully saturated rings. The average Bonchev–Trinajstić information content (AvgIpc) is 2.46. The van der Waals surface area contributed by atoms with Gasteiger partial charge in [0.05, 0.1) is 7.11 Å². The molecular formula is C15H18N2O2. The van der Waals surface area contributed by atoms with Crippen LogP contribution in [0.2, 0.25) is 0 Å². The molecule has 4 nitrogen and oxygen atoms in total. The summed E-state index contributed by atoms with van der Waals surface area (Å²) in [5, 5.41) is 10.2. The second-order valence-electron chi connectivity index (χ2n) is 4.49. The summed E-state index contributed by atoms with van der Waals surface area (Å²) in [5.74, 6) is 0.388. The lowest BCUT2D eigenvalue weighted by atomic mass is 10.0. The van der Waals surface area contributed by atoms with Gasteiger partial charge in [0, 0.05) is 12.4 Å². The van der Waals surface area contributed by atoms with Crippen LogP contribution in [0.1, 0.15) is 29.3 Å². The van der Waals surface area contributed by atoms with Crippen LogP contribution in [-0.4, -0.2) is 22.2 Å². The minimum atomic E-state index is -0.662. The predicted octanol–water partition coefficient (Wildman–Crippen LogP) is 2.46. The monoisotopic (exact) mass is 258 g/mol. The van der Waals surface area contributed by atoms with Crippen LogP contribution in [-0.2, 0) is 6.42 Å². The largest absolute Gasteiger partial charge is 0.480 e. The second-order valence-corrected chi connectivity index (χ2v) is 4.49. The van der Waals surface area contributed by atoms with Crippen molar-refractivity contribution in [2.24, 2.45) is 0 Å². The number of methoxy groups -OCH3 is 1. The van der Waals surface area contributed by atoms with Crippen molar-refractivity contribution in [1.82, 2.24) is 9.97 Å². The smallest absolute Gasteiger partial charge is 0.238 e. The van der Waals surface area contributed by atoms with Crippen molar-refractivity contribution >= 4 is 0 Å². The fourth-order valence-electron chi connectivity index (χ4n) is 1.92. The Labute approximate surface area is 113 Å². The van der Waals surface area contributed by atoms with Gasteiger partial charge >= 0.3 is 0 Å². The summed E-state index contributed by atoms with van der Waals surface area (Å²) < 4.78 is 5.10. The number of rotatable bonds is 5. The van der Waals surface area contributed by atoms with Crippen LogP contribution in [0.4, 0.5) is 0 Å². The highest BCUT2D eigenvalue weighted by molar-refractivity contribution is 5.23. The third kappa shape index (κ3) is 3.51. The van der Waals surface area contributed by atoms with E-state index in [4.69, 9.17) is 4.74 Å². The van der Waals surface area contributed by atoms with Gasteiger partial charge in [-0.25, -0.2) is 4.98 Å². The van der Waals surface area contributed by atoms with Gasteiger partial charge in [-0.3, -0.25) is 4.98 Å². The van der Waals surface area contributed by atoms with E-state index in [2.05, 4.69) is 41.2 Å². The first-order valence-electron chi connectivity index (χ1n) is 6.29. The zero-order valence-electron chi connectivity index (χ0n) is 11.2. The van der Waals surface area contributed by atoms with Crippen molar-refractivity contribution in [1.29, 1.82) is 0 Å². The number of ether oxygens (including phenoxy) is 1. The summed E-state index contributed by atoms with van der Waals surface area (Å²) in [6.07, 6.45) is 3.84. The predicted molar refractivity (Wildman–Crippen MR) is 73.0 cm³/mol. The average molecular weight is 258 g/mol. The highest BCUT2D eigenvalue weighted by Gasteiger charge is 2.15. The van der Waals surface area contributed by atoms with E-state index < -0.39 is 6.10 Å². The van der Waals surface area contributed by atoms with Crippen LogP contribution >= 0.6 is 0 Å². The minimum Gasteiger partial charge on any atom is -0.480 e. The molecule has 0 aliphatic rings. The Morgan fingerprint density at radius 3 is 2.53 bits per heavy atom. The lowest BCUT2D eigenvalue weighted by molar-refractivity contribution is 0.157. The standard InChI is InChI=1S/C15H18N2O2/c1-11-3-5-12(6-4-11)7-8-13(18)14-15(19-2)17-10-9-16-14/h3-6,9-10,13,18H,7-8H2,1-2H3. The normalized spacial score (nSPS) is 12.2. The molecule has 1 heterocycles. The van der Waals surface area contributed by atoms with Gasteiger partial charge < -0.3 is 9.84 Å². The molecule has 4 heteroatoms. The van der Waals surface area contributed by atoms with Gasteiger partial charge in [-0.05, 0) is 25.3 Å². The number of hydrogen-bond acceptors (Lipinski definition) is 4. The molecule has 1 atom stereocenters. The van der Waals surface area contributed by atoms with Crippen molar-refractivity contribution in [2.75, 3.05) is 7.11 Å². The molecule has 0 amide bonds. The van der Waals surface area contributed by atoms with Crippen molar-refractivity contribution in [2.45, 2.75) is 25.9 Å². The van der Waals surface area contributed by atoms with E-state index in [0.717, 1.165) is 6.42 Å². The van der Waals surface area contributed by atoms with Crippen molar-refractivity contribution < 1.29 is 9.84 Å². The quantitative estimate of drug-likeness (QED) is 0.895.